The first-order chi connectivity index (χ1) is 10.1. The van der Waals surface area contributed by atoms with Gasteiger partial charge in [-0.05, 0) is 43.7 Å². The van der Waals surface area contributed by atoms with E-state index in [4.69, 9.17) is 10.5 Å². The molecule has 2 rings (SSSR count). The van der Waals surface area contributed by atoms with Crippen molar-refractivity contribution in [3.63, 3.8) is 0 Å². The number of anilines is 1. The maximum Gasteiger partial charge on any atom is 0.237 e. The van der Waals surface area contributed by atoms with Crippen molar-refractivity contribution in [2.75, 3.05) is 32.5 Å². The minimum Gasteiger partial charge on any atom is -0.491 e. The molecule has 0 spiro atoms. The van der Waals surface area contributed by atoms with E-state index in [0.29, 0.717) is 18.0 Å². The number of nitrogens with zero attached hydrogens (tertiary/aromatic N) is 1. The molecule has 0 radical (unpaired) electrons. The Hall–Kier alpha value is -1.79. The fourth-order valence-corrected chi connectivity index (χ4v) is 2.59. The molecule has 4 N–H and O–H groups in total. The Balaban J connectivity index is 1.79. The van der Waals surface area contributed by atoms with Crippen molar-refractivity contribution in [1.82, 2.24) is 10.2 Å². The molecule has 1 heterocycles. The number of likely N-dealkylation sites (tertiary alicyclic amines) is 1. The van der Waals surface area contributed by atoms with Crippen LogP contribution in [-0.4, -0.2) is 54.8 Å². The summed E-state index contributed by atoms with van der Waals surface area (Å²) in [6, 6.07) is 6.91. The highest BCUT2D eigenvalue weighted by atomic mass is 16.5. The normalized spacial score (nSPS) is 20.2. The zero-order valence-electron chi connectivity index (χ0n) is 12.3. The molecule has 0 aromatic heterocycles. The van der Waals surface area contributed by atoms with Gasteiger partial charge in [0.1, 0.15) is 18.5 Å². The third-order valence-corrected chi connectivity index (χ3v) is 3.68. The number of nitrogens with one attached hydrogen (secondary N) is 1. The van der Waals surface area contributed by atoms with Gasteiger partial charge in [-0.15, -0.1) is 0 Å². The standard InChI is InChI=1S/C15H23N3O3/c1-17-15(20)14-3-2-8-18(14)9-12(19)10-21-13-6-4-11(16)5-7-13/h4-7,12,14,19H,2-3,8-10,16H2,1H3,(H,17,20). The number of β-amino-alcohol motifs (C(OH)–C–C–N with tert-alkyl or cyclic N) is 1. The molecule has 2 unspecified atom stereocenters. The van der Waals surface area contributed by atoms with E-state index in [1.54, 1.807) is 31.3 Å². The van der Waals surface area contributed by atoms with Crippen molar-refractivity contribution < 1.29 is 14.6 Å². The number of hydrogen-bond donors (Lipinski definition) is 3. The van der Waals surface area contributed by atoms with Crippen molar-refractivity contribution in [3.05, 3.63) is 24.3 Å². The van der Waals surface area contributed by atoms with Gasteiger partial charge in [-0.2, -0.15) is 0 Å². The lowest BCUT2D eigenvalue weighted by Gasteiger charge is -2.25. The van der Waals surface area contributed by atoms with Crippen molar-refractivity contribution in [1.29, 1.82) is 0 Å². The average molecular weight is 293 g/mol. The quantitative estimate of drug-likeness (QED) is 0.653. The smallest absolute Gasteiger partial charge is 0.237 e. The molecule has 1 aromatic rings. The van der Waals surface area contributed by atoms with Crippen LogP contribution in [0, 0.1) is 0 Å². The second-order valence-electron chi connectivity index (χ2n) is 5.30. The van der Waals surface area contributed by atoms with Crippen molar-refractivity contribution >= 4 is 11.6 Å². The van der Waals surface area contributed by atoms with Gasteiger partial charge in [-0.3, -0.25) is 9.69 Å². The third kappa shape index (κ3) is 4.34. The highest BCUT2D eigenvalue weighted by Gasteiger charge is 2.31. The van der Waals surface area contributed by atoms with Crippen LogP contribution in [0.4, 0.5) is 5.69 Å². The summed E-state index contributed by atoms with van der Waals surface area (Å²) in [5.74, 6) is 0.687. The van der Waals surface area contributed by atoms with Gasteiger partial charge in [-0.1, -0.05) is 0 Å². The SMILES string of the molecule is CNC(=O)C1CCCN1CC(O)COc1ccc(N)cc1. The summed E-state index contributed by atoms with van der Waals surface area (Å²) in [7, 11) is 1.64. The number of nitrogens with two attached hydrogens (primary N) is 1. The van der Waals surface area contributed by atoms with Crippen LogP contribution < -0.4 is 15.8 Å². The molecule has 116 valence electrons. The minimum absolute atomic E-state index is 0.0131. The first-order valence-electron chi connectivity index (χ1n) is 7.22. The number of aliphatic hydroxyl groups is 1. The Labute approximate surface area is 124 Å². The number of rotatable bonds is 6. The van der Waals surface area contributed by atoms with Gasteiger partial charge in [0.15, 0.2) is 0 Å². The second kappa shape index (κ2) is 7.28. The molecule has 1 saturated heterocycles. The molecule has 0 bridgehead atoms. The lowest BCUT2D eigenvalue weighted by atomic mass is 10.2. The number of aliphatic hydroxyl groups excluding tert-OH is 1. The summed E-state index contributed by atoms with van der Waals surface area (Å²) in [5, 5.41) is 12.7. The summed E-state index contributed by atoms with van der Waals surface area (Å²) in [5.41, 5.74) is 6.27. The number of ether oxygens (including phenoxy) is 1. The number of nitrogen functional groups attached to an aromatic ring is 1. The Morgan fingerprint density at radius 2 is 2.24 bits per heavy atom. The number of hydrogen-bond acceptors (Lipinski definition) is 5. The fourth-order valence-electron chi connectivity index (χ4n) is 2.59. The van der Waals surface area contributed by atoms with Crippen LogP contribution in [0.25, 0.3) is 0 Å². The summed E-state index contributed by atoms with van der Waals surface area (Å²) in [6.07, 6.45) is 1.18. The molecule has 6 nitrogen and oxygen atoms in total. The molecule has 2 atom stereocenters. The Kier molecular flexibility index (Phi) is 5.41. The van der Waals surface area contributed by atoms with E-state index >= 15 is 0 Å². The summed E-state index contributed by atoms with van der Waals surface area (Å²) in [4.78, 5) is 13.7. The van der Waals surface area contributed by atoms with E-state index in [9.17, 15) is 9.90 Å². The lowest BCUT2D eigenvalue weighted by Crippen LogP contribution is -2.45. The first kappa shape index (κ1) is 15.6. The zero-order chi connectivity index (χ0) is 15.2. The van der Waals surface area contributed by atoms with Crippen LogP contribution in [0.3, 0.4) is 0 Å². The molecule has 1 amide bonds. The Bertz CT molecular complexity index is 464. The van der Waals surface area contributed by atoms with Crippen LogP contribution in [0.15, 0.2) is 24.3 Å². The Morgan fingerprint density at radius 1 is 1.52 bits per heavy atom. The van der Waals surface area contributed by atoms with Gasteiger partial charge < -0.3 is 20.9 Å². The van der Waals surface area contributed by atoms with Crippen molar-refractivity contribution in [2.45, 2.75) is 25.0 Å². The number of benzene rings is 1. The second-order valence-corrected chi connectivity index (χ2v) is 5.30. The molecule has 0 saturated carbocycles. The molecule has 1 aliphatic heterocycles. The molecule has 21 heavy (non-hydrogen) atoms. The van der Waals surface area contributed by atoms with E-state index in [-0.39, 0.29) is 18.6 Å². The first-order valence-corrected chi connectivity index (χ1v) is 7.22. The number of carbonyl (C=O) groups excluding carboxylic acids is 1. The zero-order valence-corrected chi connectivity index (χ0v) is 12.3. The highest BCUT2D eigenvalue weighted by Crippen LogP contribution is 2.18. The van der Waals surface area contributed by atoms with Crippen LogP contribution >= 0.6 is 0 Å². The van der Waals surface area contributed by atoms with Crippen LogP contribution in [0.1, 0.15) is 12.8 Å². The average Bonchev–Trinajstić information content (AvgIpc) is 2.94. The summed E-state index contributed by atoms with van der Waals surface area (Å²) in [6.45, 7) is 1.46. The van der Waals surface area contributed by atoms with Gasteiger partial charge in [0.2, 0.25) is 5.91 Å². The molecule has 1 fully saturated rings. The lowest BCUT2D eigenvalue weighted by molar-refractivity contribution is -0.125. The molecule has 1 aromatic carbocycles. The van der Waals surface area contributed by atoms with Crippen LogP contribution in [0.5, 0.6) is 5.75 Å². The predicted molar refractivity (Wildman–Crippen MR) is 81.0 cm³/mol. The minimum atomic E-state index is -0.632. The van der Waals surface area contributed by atoms with E-state index in [2.05, 4.69) is 5.32 Å². The topological polar surface area (TPSA) is 87.8 Å². The van der Waals surface area contributed by atoms with Gasteiger partial charge >= 0.3 is 0 Å². The summed E-state index contributed by atoms with van der Waals surface area (Å²) < 4.78 is 5.52. The molecule has 0 aliphatic carbocycles. The Morgan fingerprint density at radius 3 is 2.90 bits per heavy atom. The highest BCUT2D eigenvalue weighted by molar-refractivity contribution is 5.81. The third-order valence-electron chi connectivity index (χ3n) is 3.68. The van der Waals surface area contributed by atoms with E-state index in [1.807, 2.05) is 4.90 Å². The van der Waals surface area contributed by atoms with Crippen molar-refractivity contribution in [2.24, 2.45) is 0 Å². The largest absolute Gasteiger partial charge is 0.491 e. The van der Waals surface area contributed by atoms with Crippen molar-refractivity contribution in [3.8, 4) is 5.75 Å². The number of carbonyl (C=O) groups is 1. The van der Waals surface area contributed by atoms with Crippen LogP contribution in [0.2, 0.25) is 0 Å². The molecular weight excluding hydrogens is 270 g/mol. The molecule has 6 heteroatoms. The van der Waals surface area contributed by atoms with E-state index < -0.39 is 6.10 Å². The molecular formula is C15H23N3O3. The monoisotopic (exact) mass is 293 g/mol. The molecule has 1 aliphatic rings. The summed E-state index contributed by atoms with van der Waals surface area (Å²) >= 11 is 0. The van der Waals surface area contributed by atoms with Gasteiger partial charge in [0.05, 0.1) is 6.04 Å². The number of likely N-dealkylation sites (N-methyl/N-ethyl adjacent to an activating group) is 1. The van der Waals surface area contributed by atoms with Gasteiger partial charge in [0, 0.05) is 19.3 Å². The predicted octanol–water partition coefficient (Wildman–Crippen LogP) is 0.219. The van der Waals surface area contributed by atoms with Gasteiger partial charge in [-0.25, -0.2) is 0 Å². The fraction of sp³-hybridized carbons (Fsp3) is 0.533. The van der Waals surface area contributed by atoms with Gasteiger partial charge in [0.25, 0.3) is 0 Å². The van der Waals surface area contributed by atoms with E-state index in [1.165, 1.54) is 0 Å². The maximum absolute atomic E-state index is 11.7. The maximum atomic E-state index is 11.7. The number of amides is 1. The van der Waals surface area contributed by atoms with E-state index in [0.717, 1.165) is 19.4 Å². The van der Waals surface area contributed by atoms with Crippen LogP contribution in [-0.2, 0) is 4.79 Å².